The van der Waals surface area contributed by atoms with Gasteiger partial charge in [0.25, 0.3) is 11.8 Å². The highest BCUT2D eigenvalue weighted by Gasteiger charge is 2.12. The first-order valence-corrected chi connectivity index (χ1v) is 11.0. The van der Waals surface area contributed by atoms with Crippen LogP contribution >= 0.6 is 0 Å². The number of hydrogen-bond acceptors (Lipinski definition) is 6. The highest BCUT2D eigenvalue weighted by atomic mass is 16.5. The summed E-state index contributed by atoms with van der Waals surface area (Å²) in [7, 11) is 0. The van der Waals surface area contributed by atoms with Gasteiger partial charge in [0, 0.05) is 11.1 Å². The Hall–Kier alpha value is -4.59. The molecular weight excluding hydrogens is 446 g/mol. The van der Waals surface area contributed by atoms with E-state index in [0.29, 0.717) is 29.4 Å². The molecule has 8 heteroatoms. The Kier molecular flexibility index (Phi) is 7.42. The smallest absolute Gasteiger partial charge is 0.276 e. The summed E-state index contributed by atoms with van der Waals surface area (Å²) in [5, 5.41) is 3.90. The first kappa shape index (κ1) is 23.6. The van der Waals surface area contributed by atoms with Crippen molar-refractivity contribution in [3.8, 4) is 22.6 Å². The Morgan fingerprint density at radius 3 is 2.29 bits per heavy atom. The molecule has 4 aromatic rings. The van der Waals surface area contributed by atoms with Crippen LogP contribution in [-0.4, -0.2) is 23.6 Å². The van der Waals surface area contributed by atoms with Crippen molar-refractivity contribution in [2.24, 2.45) is 0 Å². The lowest BCUT2D eigenvalue weighted by molar-refractivity contribution is -0.123. The Bertz CT molecular complexity index is 1280. The molecule has 0 saturated carbocycles. The van der Waals surface area contributed by atoms with E-state index in [2.05, 4.69) is 16.0 Å². The molecule has 2 N–H and O–H groups in total. The number of nitrogens with one attached hydrogen (secondary N) is 2. The number of rotatable bonds is 8. The zero-order chi connectivity index (χ0) is 24.6. The number of nitrogens with zero attached hydrogens (tertiary/aromatic N) is 1. The topological polar surface area (TPSA) is 103 Å². The molecule has 0 fully saturated rings. The summed E-state index contributed by atoms with van der Waals surface area (Å²) >= 11 is 0. The summed E-state index contributed by atoms with van der Waals surface area (Å²) in [5.74, 6) is 0.936. The lowest BCUT2D eigenvalue weighted by Crippen LogP contribution is -2.43. The van der Waals surface area contributed by atoms with Gasteiger partial charge < -0.3 is 14.0 Å². The second kappa shape index (κ2) is 11.0. The van der Waals surface area contributed by atoms with Crippen LogP contribution in [-0.2, 0) is 11.4 Å². The zero-order valence-corrected chi connectivity index (χ0v) is 19.4. The van der Waals surface area contributed by atoms with Gasteiger partial charge >= 0.3 is 0 Å². The molecule has 8 nitrogen and oxygen atoms in total. The SMILES string of the molecule is Cc1noc(C)c1COc1ccc(C(=O)NNC(=O)COc2ccccc2-c2ccccc2)cc1. The molecular formula is C27H25N3O5. The van der Waals surface area contributed by atoms with Gasteiger partial charge in [-0.15, -0.1) is 0 Å². The van der Waals surface area contributed by atoms with Gasteiger partial charge in [-0.3, -0.25) is 20.4 Å². The van der Waals surface area contributed by atoms with E-state index in [0.717, 1.165) is 22.4 Å². The van der Waals surface area contributed by atoms with Crippen LogP contribution in [0.3, 0.4) is 0 Å². The number of para-hydroxylation sites is 1. The van der Waals surface area contributed by atoms with E-state index in [1.165, 1.54) is 0 Å². The van der Waals surface area contributed by atoms with Crippen LogP contribution in [0.4, 0.5) is 0 Å². The molecule has 1 heterocycles. The average molecular weight is 472 g/mol. The molecule has 0 saturated heterocycles. The summed E-state index contributed by atoms with van der Waals surface area (Å²) in [6.07, 6.45) is 0. The van der Waals surface area contributed by atoms with Crippen LogP contribution in [0.25, 0.3) is 11.1 Å². The summed E-state index contributed by atoms with van der Waals surface area (Å²) in [4.78, 5) is 24.6. The molecule has 0 unspecified atom stereocenters. The van der Waals surface area contributed by atoms with Crippen molar-refractivity contribution >= 4 is 11.8 Å². The van der Waals surface area contributed by atoms with Crippen molar-refractivity contribution in [2.75, 3.05) is 6.61 Å². The van der Waals surface area contributed by atoms with Crippen LogP contribution < -0.4 is 20.3 Å². The molecule has 0 bridgehead atoms. The molecule has 2 amide bonds. The Morgan fingerprint density at radius 1 is 0.857 bits per heavy atom. The van der Waals surface area contributed by atoms with Gasteiger partial charge in [-0.05, 0) is 49.7 Å². The molecule has 35 heavy (non-hydrogen) atoms. The van der Waals surface area contributed by atoms with E-state index in [1.54, 1.807) is 30.3 Å². The minimum absolute atomic E-state index is 0.251. The Morgan fingerprint density at radius 2 is 1.57 bits per heavy atom. The summed E-state index contributed by atoms with van der Waals surface area (Å²) in [6, 6.07) is 23.8. The predicted octanol–water partition coefficient (Wildman–Crippen LogP) is 4.38. The number of carbonyl (C=O) groups excluding carboxylic acids is 2. The average Bonchev–Trinajstić information content (AvgIpc) is 3.22. The van der Waals surface area contributed by atoms with Gasteiger partial charge in [0.15, 0.2) is 6.61 Å². The second-order valence-corrected chi connectivity index (χ2v) is 7.77. The lowest BCUT2D eigenvalue weighted by Gasteiger charge is -2.12. The normalized spacial score (nSPS) is 10.5. The van der Waals surface area contributed by atoms with Crippen LogP contribution in [0.2, 0.25) is 0 Å². The third-order valence-corrected chi connectivity index (χ3v) is 5.33. The van der Waals surface area contributed by atoms with E-state index < -0.39 is 11.8 Å². The molecule has 178 valence electrons. The summed E-state index contributed by atoms with van der Waals surface area (Å²) in [5.41, 5.74) is 8.66. The van der Waals surface area contributed by atoms with Crippen molar-refractivity contribution < 1.29 is 23.6 Å². The molecule has 0 aliphatic rings. The maximum atomic E-state index is 12.4. The van der Waals surface area contributed by atoms with Gasteiger partial charge in [-0.2, -0.15) is 0 Å². The van der Waals surface area contributed by atoms with Crippen molar-refractivity contribution in [1.82, 2.24) is 16.0 Å². The maximum absolute atomic E-state index is 12.4. The molecule has 0 spiro atoms. The number of carbonyl (C=O) groups is 2. The lowest BCUT2D eigenvalue weighted by atomic mass is 10.1. The number of amides is 2. The van der Waals surface area contributed by atoms with Crippen LogP contribution in [0.1, 0.15) is 27.4 Å². The number of hydrazine groups is 1. The van der Waals surface area contributed by atoms with Crippen molar-refractivity contribution in [3.05, 3.63) is 101 Å². The highest BCUT2D eigenvalue weighted by Crippen LogP contribution is 2.29. The molecule has 0 radical (unpaired) electrons. The largest absolute Gasteiger partial charge is 0.489 e. The van der Waals surface area contributed by atoms with E-state index in [9.17, 15) is 9.59 Å². The third-order valence-electron chi connectivity index (χ3n) is 5.33. The fraction of sp³-hybridized carbons (Fsp3) is 0.148. The second-order valence-electron chi connectivity index (χ2n) is 7.77. The standard InChI is InChI=1S/C27H25N3O5/c1-18-24(19(2)35-30-18)16-33-22-14-12-21(13-15-22)27(32)29-28-26(31)17-34-25-11-7-6-10-23(25)20-8-4-3-5-9-20/h3-15H,16-17H2,1-2H3,(H,28,31)(H,29,32). The molecule has 0 aliphatic heterocycles. The van der Waals surface area contributed by atoms with Crippen molar-refractivity contribution in [3.63, 3.8) is 0 Å². The van der Waals surface area contributed by atoms with Crippen molar-refractivity contribution in [2.45, 2.75) is 20.5 Å². The number of aromatic nitrogens is 1. The number of hydrogen-bond donors (Lipinski definition) is 2. The van der Waals surface area contributed by atoms with Gasteiger partial charge in [-0.1, -0.05) is 53.7 Å². The zero-order valence-electron chi connectivity index (χ0n) is 19.4. The number of aryl methyl sites for hydroxylation is 2. The number of ether oxygens (including phenoxy) is 2. The highest BCUT2D eigenvalue weighted by molar-refractivity contribution is 5.95. The molecule has 4 rings (SSSR count). The fourth-order valence-corrected chi connectivity index (χ4v) is 3.39. The Labute approximate surface area is 202 Å². The number of benzene rings is 3. The van der Waals surface area contributed by atoms with Crippen molar-refractivity contribution in [1.29, 1.82) is 0 Å². The van der Waals surface area contributed by atoms with E-state index in [-0.39, 0.29) is 6.61 Å². The van der Waals surface area contributed by atoms with E-state index in [1.807, 2.05) is 62.4 Å². The minimum atomic E-state index is -0.486. The van der Waals surface area contributed by atoms with Gasteiger partial charge in [0.1, 0.15) is 23.9 Å². The molecule has 0 atom stereocenters. The fourth-order valence-electron chi connectivity index (χ4n) is 3.39. The van der Waals surface area contributed by atoms with E-state index >= 15 is 0 Å². The minimum Gasteiger partial charge on any atom is -0.489 e. The predicted molar refractivity (Wildman–Crippen MR) is 130 cm³/mol. The Balaban J connectivity index is 1.26. The third kappa shape index (κ3) is 6.05. The summed E-state index contributed by atoms with van der Waals surface area (Å²) in [6.45, 7) is 3.74. The monoisotopic (exact) mass is 471 g/mol. The quantitative estimate of drug-likeness (QED) is 0.370. The first-order valence-electron chi connectivity index (χ1n) is 11.0. The molecule has 0 aliphatic carbocycles. The van der Waals surface area contributed by atoms with Gasteiger partial charge in [-0.25, -0.2) is 0 Å². The van der Waals surface area contributed by atoms with Crippen LogP contribution in [0, 0.1) is 13.8 Å². The molecule has 3 aromatic carbocycles. The maximum Gasteiger partial charge on any atom is 0.276 e. The first-order chi connectivity index (χ1) is 17.0. The molecule has 1 aromatic heterocycles. The summed E-state index contributed by atoms with van der Waals surface area (Å²) < 4.78 is 16.6. The van der Waals surface area contributed by atoms with Crippen LogP contribution in [0.5, 0.6) is 11.5 Å². The van der Waals surface area contributed by atoms with E-state index in [4.69, 9.17) is 14.0 Å². The van der Waals surface area contributed by atoms with Gasteiger partial charge in [0.2, 0.25) is 0 Å². The van der Waals surface area contributed by atoms with Gasteiger partial charge in [0.05, 0.1) is 11.3 Å². The van der Waals surface area contributed by atoms with Crippen LogP contribution in [0.15, 0.2) is 83.4 Å².